The molecule has 3 rings (SSSR count). The third-order valence-electron chi connectivity index (χ3n) is 3.62. The number of hydrogen-bond donors (Lipinski definition) is 2. The van der Waals surface area contributed by atoms with E-state index in [4.69, 9.17) is 0 Å². The molecule has 0 aliphatic carbocycles. The number of carboxylic acid groups (broad SMARTS) is 1. The van der Waals surface area contributed by atoms with Crippen molar-refractivity contribution < 1.29 is 14.7 Å². The quantitative estimate of drug-likeness (QED) is 0.721. The first-order valence-corrected chi connectivity index (χ1v) is 7.44. The number of aliphatic carboxylic acids is 1. The minimum absolute atomic E-state index is 0.167. The molecule has 0 unspecified atom stereocenters. The molecule has 3 aromatic carbocycles. The number of benzene rings is 3. The van der Waals surface area contributed by atoms with Crippen molar-refractivity contribution in [2.24, 2.45) is 0 Å². The minimum Gasteiger partial charge on any atom is -0.477 e. The largest absolute Gasteiger partial charge is 0.477 e. The molecule has 0 fully saturated rings. The monoisotopic (exact) mass is 317 g/mol. The van der Waals surface area contributed by atoms with Crippen LogP contribution in [-0.2, 0) is 4.79 Å². The van der Waals surface area contributed by atoms with Crippen molar-refractivity contribution in [2.45, 2.75) is 0 Å². The first kappa shape index (κ1) is 15.5. The molecule has 0 saturated heterocycles. The van der Waals surface area contributed by atoms with Crippen LogP contribution in [0, 0.1) is 0 Å². The number of carbonyl (C=O) groups is 2. The Labute approximate surface area is 139 Å². The lowest BCUT2D eigenvalue weighted by atomic mass is 10.0. The first-order chi connectivity index (χ1) is 11.6. The Morgan fingerprint density at radius 2 is 1.50 bits per heavy atom. The van der Waals surface area contributed by atoms with Gasteiger partial charge in [0.1, 0.15) is 5.70 Å². The summed E-state index contributed by atoms with van der Waals surface area (Å²) < 4.78 is 0. The molecule has 0 radical (unpaired) electrons. The van der Waals surface area contributed by atoms with Gasteiger partial charge in [0.15, 0.2) is 0 Å². The van der Waals surface area contributed by atoms with Gasteiger partial charge in [-0.1, -0.05) is 66.7 Å². The van der Waals surface area contributed by atoms with Gasteiger partial charge >= 0.3 is 5.97 Å². The Balaban J connectivity index is 1.94. The van der Waals surface area contributed by atoms with E-state index in [0.29, 0.717) is 11.1 Å². The number of rotatable bonds is 4. The maximum atomic E-state index is 12.5. The maximum Gasteiger partial charge on any atom is 0.352 e. The summed E-state index contributed by atoms with van der Waals surface area (Å²) in [7, 11) is 0. The van der Waals surface area contributed by atoms with E-state index in [1.807, 2.05) is 36.4 Å². The van der Waals surface area contributed by atoms with E-state index in [1.54, 1.807) is 36.4 Å². The van der Waals surface area contributed by atoms with Crippen molar-refractivity contribution in [1.29, 1.82) is 0 Å². The summed E-state index contributed by atoms with van der Waals surface area (Å²) in [6.45, 7) is 0. The average molecular weight is 317 g/mol. The number of hydrogen-bond acceptors (Lipinski definition) is 2. The smallest absolute Gasteiger partial charge is 0.352 e. The van der Waals surface area contributed by atoms with Crippen molar-refractivity contribution in [1.82, 2.24) is 5.32 Å². The Morgan fingerprint density at radius 3 is 2.25 bits per heavy atom. The molecule has 118 valence electrons. The van der Waals surface area contributed by atoms with Crippen molar-refractivity contribution in [3.05, 3.63) is 89.6 Å². The maximum absolute atomic E-state index is 12.5. The molecule has 0 saturated carbocycles. The molecule has 0 bridgehead atoms. The summed E-state index contributed by atoms with van der Waals surface area (Å²) in [4.78, 5) is 24.0. The molecular formula is C20H15NO3. The average Bonchev–Trinajstić information content (AvgIpc) is 2.61. The lowest BCUT2D eigenvalue weighted by Crippen LogP contribution is -2.27. The van der Waals surface area contributed by atoms with Gasteiger partial charge in [-0.2, -0.15) is 0 Å². The van der Waals surface area contributed by atoms with Gasteiger partial charge in [-0.25, -0.2) is 4.79 Å². The number of carbonyl (C=O) groups excluding carboxylic acids is 1. The summed E-state index contributed by atoms with van der Waals surface area (Å²) >= 11 is 0. The second-order valence-electron chi connectivity index (χ2n) is 5.25. The van der Waals surface area contributed by atoms with E-state index in [0.717, 1.165) is 10.8 Å². The van der Waals surface area contributed by atoms with Crippen LogP contribution < -0.4 is 5.32 Å². The number of fused-ring (bicyclic) bond motifs is 1. The molecule has 4 heteroatoms. The molecule has 0 heterocycles. The molecule has 0 aliphatic heterocycles. The summed E-state index contributed by atoms with van der Waals surface area (Å²) in [6.07, 6.45) is 1.44. The fourth-order valence-corrected chi connectivity index (χ4v) is 2.48. The van der Waals surface area contributed by atoms with Crippen molar-refractivity contribution >= 4 is 28.7 Å². The Bertz CT molecular complexity index is 925. The summed E-state index contributed by atoms with van der Waals surface area (Å²) in [5, 5.41) is 13.6. The lowest BCUT2D eigenvalue weighted by molar-refractivity contribution is -0.132. The highest BCUT2D eigenvalue weighted by Crippen LogP contribution is 2.18. The van der Waals surface area contributed by atoms with E-state index in [9.17, 15) is 14.7 Å². The Kier molecular flexibility index (Phi) is 4.38. The molecule has 4 nitrogen and oxygen atoms in total. The van der Waals surface area contributed by atoms with Gasteiger partial charge in [0.25, 0.3) is 5.91 Å². The molecule has 24 heavy (non-hydrogen) atoms. The third kappa shape index (κ3) is 3.33. The fourth-order valence-electron chi connectivity index (χ4n) is 2.48. The van der Waals surface area contributed by atoms with Crippen LogP contribution in [-0.4, -0.2) is 17.0 Å². The molecule has 0 atom stereocenters. The van der Waals surface area contributed by atoms with E-state index in [1.165, 1.54) is 6.08 Å². The van der Waals surface area contributed by atoms with Gasteiger partial charge in [-0.05, 0) is 28.5 Å². The Hall–Kier alpha value is -3.40. The van der Waals surface area contributed by atoms with E-state index >= 15 is 0 Å². The van der Waals surface area contributed by atoms with Crippen molar-refractivity contribution in [3.63, 3.8) is 0 Å². The number of nitrogens with one attached hydrogen (secondary N) is 1. The van der Waals surface area contributed by atoms with E-state index in [-0.39, 0.29) is 5.70 Å². The molecule has 0 spiro atoms. The third-order valence-corrected chi connectivity index (χ3v) is 3.62. The Morgan fingerprint density at radius 1 is 0.833 bits per heavy atom. The molecular weight excluding hydrogens is 302 g/mol. The van der Waals surface area contributed by atoms with Gasteiger partial charge in [-0.15, -0.1) is 0 Å². The fraction of sp³-hybridized carbons (Fsp3) is 0. The van der Waals surface area contributed by atoms with Gasteiger partial charge in [0, 0.05) is 5.56 Å². The summed E-state index contributed by atoms with van der Waals surface area (Å²) in [5.41, 5.74) is 0.973. The summed E-state index contributed by atoms with van der Waals surface area (Å²) in [6, 6.07) is 21.8. The van der Waals surface area contributed by atoms with Crippen LogP contribution in [0.4, 0.5) is 0 Å². The van der Waals surface area contributed by atoms with Crippen LogP contribution in [0.15, 0.2) is 78.5 Å². The predicted molar refractivity (Wildman–Crippen MR) is 93.5 cm³/mol. The zero-order chi connectivity index (χ0) is 16.9. The van der Waals surface area contributed by atoms with Gasteiger partial charge in [-0.3, -0.25) is 4.79 Å². The van der Waals surface area contributed by atoms with E-state index in [2.05, 4.69) is 5.32 Å². The van der Waals surface area contributed by atoms with Gasteiger partial charge in [0.05, 0.1) is 0 Å². The molecule has 0 aromatic heterocycles. The minimum atomic E-state index is -1.19. The second kappa shape index (κ2) is 6.79. The van der Waals surface area contributed by atoms with Crippen LogP contribution in [0.3, 0.4) is 0 Å². The lowest BCUT2D eigenvalue weighted by Gasteiger charge is -2.09. The standard InChI is InChI=1S/C20H15NO3/c22-19(17-12-6-10-15-9-4-5-11-16(15)17)21-18(20(23)24)13-14-7-2-1-3-8-14/h1-13H,(H,21,22)(H,23,24)/b18-13+. The van der Waals surface area contributed by atoms with Crippen LogP contribution >= 0.6 is 0 Å². The zero-order valence-corrected chi connectivity index (χ0v) is 12.8. The van der Waals surface area contributed by atoms with Crippen molar-refractivity contribution in [3.8, 4) is 0 Å². The van der Waals surface area contributed by atoms with Crippen LogP contribution in [0.25, 0.3) is 16.8 Å². The van der Waals surface area contributed by atoms with Gasteiger partial charge < -0.3 is 10.4 Å². The highest BCUT2D eigenvalue weighted by Gasteiger charge is 2.15. The second-order valence-corrected chi connectivity index (χ2v) is 5.25. The SMILES string of the molecule is O=C(O)/C(=C\c1ccccc1)NC(=O)c1cccc2ccccc12. The molecule has 0 aliphatic rings. The number of amides is 1. The van der Waals surface area contributed by atoms with Crippen molar-refractivity contribution in [2.75, 3.05) is 0 Å². The normalized spacial score (nSPS) is 11.2. The highest BCUT2D eigenvalue weighted by molar-refractivity contribution is 6.10. The highest BCUT2D eigenvalue weighted by atomic mass is 16.4. The summed E-state index contributed by atoms with van der Waals surface area (Å²) in [5.74, 6) is -1.64. The van der Waals surface area contributed by atoms with Crippen LogP contribution in [0.2, 0.25) is 0 Å². The predicted octanol–water partition coefficient (Wildman–Crippen LogP) is 3.70. The zero-order valence-electron chi connectivity index (χ0n) is 12.8. The van der Waals surface area contributed by atoms with Crippen LogP contribution in [0.5, 0.6) is 0 Å². The molecule has 1 amide bonds. The topological polar surface area (TPSA) is 66.4 Å². The first-order valence-electron chi connectivity index (χ1n) is 7.44. The molecule has 2 N–H and O–H groups in total. The number of carboxylic acids is 1. The van der Waals surface area contributed by atoms with E-state index < -0.39 is 11.9 Å². The van der Waals surface area contributed by atoms with Crippen LogP contribution in [0.1, 0.15) is 15.9 Å². The molecule has 3 aromatic rings. The van der Waals surface area contributed by atoms with Gasteiger partial charge in [0.2, 0.25) is 0 Å².